The fourth-order valence-corrected chi connectivity index (χ4v) is 2.90. The van der Waals surface area contributed by atoms with Crippen LogP contribution in [0.1, 0.15) is 5.56 Å². The van der Waals surface area contributed by atoms with Gasteiger partial charge in [0, 0.05) is 23.7 Å². The molecule has 1 amide bonds. The molecule has 6 heteroatoms. The Bertz CT molecular complexity index is 448. The molecule has 1 aromatic carbocycles. The maximum atomic E-state index is 11.9. The molecule has 19 heavy (non-hydrogen) atoms. The van der Waals surface area contributed by atoms with Crippen LogP contribution in [0, 0.1) is 0 Å². The third kappa shape index (κ3) is 3.33. The lowest BCUT2D eigenvalue weighted by Gasteiger charge is -2.14. The summed E-state index contributed by atoms with van der Waals surface area (Å²) in [7, 11) is 3.19. The molecule has 1 heterocycles. The number of amides is 1. The Morgan fingerprint density at radius 2 is 2.32 bits per heavy atom. The molecule has 1 unspecified atom stereocenters. The molecule has 104 valence electrons. The molecule has 2 N–H and O–H groups in total. The molecule has 1 saturated heterocycles. The maximum Gasteiger partial charge on any atom is 0.238 e. The molecule has 1 aromatic rings. The fraction of sp³-hybridized carbons (Fsp3) is 0.462. The molecule has 1 atom stereocenters. The minimum Gasteiger partial charge on any atom is -0.493 e. The van der Waals surface area contributed by atoms with Gasteiger partial charge in [-0.25, -0.2) is 0 Å². The Morgan fingerprint density at radius 3 is 2.95 bits per heavy atom. The van der Waals surface area contributed by atoms with Gasteiger partial charge in [-0.15, -0.1) is 11.8 Å². The van der Waals surface area contributed by atoms with Gasteiger partial charge in [0.05, 0.1) is 20.3 Å². The van der Waals surface area contributed by atoms with Crippen molar-refractivity contribution in [2.24, 2.45) is 0 Å². The quantitative estimate of drug-likeness (QED) is 0.843. The van der Waals surface area contributed by atoms with E-state index >= 15 is 0 Å². The molecule has 0 saturated carbocycles. The van der Waals surface area contributed by atoms with Gasteiger partial charge in [0.25, 0.3) is 0 Å². The molecular weight excluding hydrogens is 264 g/mol. The summed E-state index contributed by atoms with van der Waals surface area (Å²) in [4.78, 5) is 11.9. The van der Waals surface area contributed by atoms with Crippen LogP contribution in [0.3, 0.4) is 0 Å². The summed E-state index contributed by atoms with van der Waals surface area (Å²) < 4.78 is 10.6. The molecule has 1 aliphatic rings. The zero-order valence-corrected chi connectivity index (χ0v) is 11.9. The first-order chi connectivity index (χ1) is 9.26. The van der Waals surface area contributed by atoms with E-state index in [2.05, 4.69) is 10.6 Å². The highest BCUT2D eigenvalue weighted by Crippen LogP contribution is 2.30. The summed E-state index contributed by atoms with van der Waals surface area (Å²) in [5.74, 6) is 3.01. The summed E-state index contributed by atoms with van der Waals surface area (Å²) in [6, 6.07) is 5.53. The maximum absolute atomic E-state index is 11.9. The monoisotopic (exact) mass is 282 g/mol. The minimum absolute atomic E-state index is 0.0230. The fourth-order valence-electron chi connectivity index (χ4n) is 1.96. The Balaban J connectivity index is 2.00. The topological polar surface area (TPSA) is 59.6 Å². The molecule has 0 bridgehead atoms. The number of rotatable bonds is 5. The second-order valence-corrected chi connectivity index (χ2v) is 5.17. The number of hydrogen-bond donors (Lipinski definition) is 2. The number of methoxy groups -OCH3 is 2. The number of benzene rings is 1. The van der Waals surface area contributed by atoms with Crippen LogP contribution in [-0.2, 0) is 11.3 Å². The first kappa shape index (κ1) is 14.0. The second-order valence-electron chi connectivity index (χ2n) is 4.14. The van der Waals surface area contributed by atoms with Crippen molar-refractivity contribution in [3.05, 3.63) is 23.8 Å². The average molecular weight is 282 g/mol. The normalized spacial score (nSPS) is 18.1. The van der Waals surface area contributed by atoms with Gasteiger partial charge in [0.15, 0.2) is 11.5 Å². The molecule has 5 nitrogen and oxygen atoms in total. The number of nitrogens with one attached hydrogen (secondary N) is 2. The predicted molar refractivity (Wildman–Crippen MR) is 75.6 cm³/mol. The standard InChI is InChI=1S/C13H18N2O3S/c1-17-11-5-3-4-9(12(11)18-2)6-14-13(16)10-7-19-8-15-10/h3-5,10,15H,6-8H2,1-2H3,(H,14,16). The van der Waals surface area contributed by atoms with Gasteiger partial charge in [-0.2, -0.15) is 0 Å². The smallest absolute Gasteiger partial charge is 0.238 e. The van der Waals surface area contributed by atoms with Gasteiger partial charge < -0.3 is 14.8 Å². The molecule has 2 rings (SSSR count). The lowest BCUT2D eigenvalue weighted by molar-refractivity contribution is -0.122. The first-order valence-electron chi connectivity index (χ1n) is 6.05. The second kappa shape index (κ2) is 6.68. The van der Waals surface area contributed by atoms with Crippen LogP contribution in [0.25, 0.3) is 0 Å². The van der Waals surface area contributed by atoms with Crippen LogP contribution in [0.4, 0.5) is 0 Å². The van der Waals surface area contributed by atoms with E-state index in [4.69, 9.17) is 9.47 Å². The van der Waals surface area contributed by atoms with Crippen LogP contribution in [0.2, 0.25) is 0 Å². The van der Waals surface area contributed by atoms with Crippen molar-refractivity contribution in [2.45, 2.75) is 12.6 Å². The Kier molecular flexibility index (Phi) is 4.93. The summed E-state index contributed by atoms with van der Waals surface area (Å²) in [5.41, 5.74) is 0.904. The number of carbonyl (C=O) groups is 1. The van der Waals surface area contributed by atoms with E-state index in [1.165, 1.54) is 0 Å². The van der Waals surface area contributed by atoms with E-state index < -0.39 is 0 Å². The lowest BCUT2D eigenvalue weighted by atomic mass is 10.1. The number of thioether (sulfide) groups is 1. The van der Waals surface area contributed by atoms with Gasteiger partial charge in [0.1, 0.15) is 0 Å². The summed E-state index contributed by atoms with van der Waals surface area (Å²) >= 11 is 1.73. The van der Waals surface area contributed by atoms with Crippen LogP contribution < -0.4 is 20.1 Å². The van der Waals surface area contributed by atoms with E-state index in [9.17, 15) is 4.79 Å². The number of hydrogen-bond acceptors (Lipinski definition) is 5. The zero-order valence-electron chi connectivity index (χ0n) is 11.1. The molecule has 0 aliphatic carbocycles. The van der Waals surface area contributed by atoms with Gasteiger partial charge in [0.2, 0.25) is 5.91 Å². The lowest BCUT2D eigenvalue weighted by Crippen LogP contribution is -2.41. The van der Waals surface area contributed by atoms with Crippen molar-refractivity contribution >= 4 is 17.7 Å². The Hall–Kier alpha value is -1.40. The molecule has 1 aliphatic heterocycles. The summed E-state index contributed by atoms with van der Waals surface area (Å²) in [6.07, 6.45) is 0. The summed E-state index contributed by atoms with van der Waals surface area (Å²) in [5, 5.41) is 6.06. The van der Waals surface area contributed by atoms with E-state index in [1.54, 1.807) is 26.0 Å². The van der Waals surface area contributed by atoms with Crippen molar-refractivity contribution in [1.82, 2.24) is 10.6 Å². The van der Waals surface area contributed by atoms with Gasteiger partial charge in [-0.1, -0.05) is 12.1 Å². The number of para-hydroxylation sites is 1. The van der Waals surface area contributed by atoms with Crippen molar-refractivity contribution in [2.75, 3.05) is 25.8 Å². The molecule has 0 aromatic heterocycles. The van der Waals surface area contributed by atoms with Crippen molar-refractivity contribution in [1.29, 1.82) is 0 Å². The van der Waals surface area contributed by atoms with Crippen LogP contribution in [0.15, 0.2) is 18.2 Å². The third-order valence-electron chi connectivity index (χ3n) is 2.97. The first-order valence-corrected chi connectivity index (χ1v) is 7.20. The van der Waals surface area contributed by atoms with Crippen LogP contribution in [0.5, 0.6) is 11.5 Å². The largest absolute Gasteiger partial charge is 0.493 e. The van der Waals surface area contributed by atoms with E-state index in [0.717, 1.165) is 17.2 Å². The average Bonchev–Trinajstić information content (AvgIpc) is 2.98. The van der Waals surface area contributed by atoms with Crippen molar-refractivity contribution < 1.29 is 14.3 Å². The zero-order chi connectivity index (χ0) is 13.7. The van der Waals surface area contributed by atoms with Crippen molar-refractivity contribution in [3.63, 3.8) is 0 Å². The molecule has 1 fully saturated rings. The number of carbonyl (C=O) groups excluding carboxylic acids is 1. The summed E-state index contributed by atoms with van der Waals surface area (Å²) in [6.45, 7) is 0.433. The highest BCUT2D eigenvalue weighted by Gasteiger charge is 2.22. The molecular formula is C13H18N2O3S. The Labute approximate surface area is 117 Å². The van der Waals surface area contributed by atoms with Gasteiger partial charge in [-0.05, 0) is 6.07 Å². The predicted octanol–water partition coefficient (Wildman–Crippen LogP) is 0.983. The highest BCUT2D eigenvalue weighted by molar-refractivity contribution is 7.99. The molecule has 0 radical (unpaired) electrons. The van der Waals surface area contributed by atoms with Crippen LogP contribution >= 0.6 is 11.8 Å². The number of ether oxygens (including phenoxy) is 2. The van der Waals surface area contributed by atoms with E-state index in [-0.39, 0.29) is 11.9 Å². The SMILES string of the molecule is COc1cccc(CNC(=O)C2CSCN2)c1OC. The Morgan fingerprint density at radius 1 is 1.47 bits per heavy atom. The van der Waals surface area contributed by atoms with E-state index in [1.807, 2.05) is 18.2 Å². The van der Waals surface area contributed by atoms with Gasteiger partial charge >= 0.3 is 0 Å². The molecule has 0 spiro atoms. The van der Waals surface area contributed by atoms with E-state index in [0.29, 0.717) is 18.0 Å². The van der Waals surface area contributed by atoms with Crippen molar-refractivity contribution in [3.8, 4) is 11.5 Å². The third-order valence-corrected chi connectivity index (χ3v) is 3.91. The van der Waals surface area contributed by atoms with Gasteiger partial charge in [-0.3, -0.25) is 10.1 Å². The minimum atomic E-state index is -0.0957. The highest BCUT2D eigenvalue weighted by atomic mass is 32.2. The van der Waals surface area contributed by atoms with Crippen LogP contribution in [-0.4, -0.2) is 37.8 Å².